The van der Waals surface area contributed by atoms with Gasteiger partial charge in [-0.1, -0.05) is 18.2 Å². The van der Waals surface area contributed by atoms with Crippen molar-refractivity contribution < 1.29 is 23.5 Å². The van der Waals surface area contributed by atoms with Crippen LogP contribution < -0.4 is 20.9 Å². The maximum Gasteiger partial charge on any atom is 0.323 e. The van der Waals surface area contributed by atoms with E-state index < -0.39 is 12.3 Å². The molecule has 5 atom stereocenters. The molecule has 4 N–H and O–H groups in total. The van der Waals surface area contributed by atoms with Crippen LogP contribution in [0.15, 0.2) is 36.7 Å². The van der Waals surface area contributed by atoms with E-state index in [1.807, 2.05) is 44.2 Å². The minimum atomic E-state index is -0.458. The van der Waals surface area contributed by atoms with Gasteiger partial charge in [0.2, 0.25) is 5.95 Å². The second-order valence-corrected chi connectivity index (χ2v) is 10.0. The summed E-state index contributed by atoms with van der Waals surface area (Å²) in [6.07, 6.45) is 1.40. The van der Waals surface area contributed by atoms with Crippen LogP contribution in [0.5, 0.6) is 5.75 Å². The lowest BCUT2D eigenvalue weighted by Crippen LogP contribution is -2.32. The van der Waals surface area contributed by atoms with Crippen molar-refractivity contribution in [3.05, 3.63) is 36.7 Å². The van der Waals surface area contributed by atoms with Gasteiger partial charge in [-0.05, 0) is 39.3 Å². The summed E-state index contributed by atoms with van der Waals surface area (Å²) in [6.45, 7) is 5.68. The molecule has 4 rings (SSSR count). The molecule has 1 aliphatic heterocycles. The fourth-order valence-corrected chi connectivity index (χ4v) is 4.59. The number of alkyl halides is 1. The molecule has 1 saturated heterocycles. The number of hydrogen-bond acceptors (Lipinski definition) is 11. The van der Waals surface area contributed by atoms with Crippen LogP contribution in [0.4, 0.5) is 11.8 Å². The standard InChI is InChI=1S/C17H27ClN7O4P.C7H8O/c1-8(2)28-16(26)9(3)24-30-27-6-10-5-11(18)15(29-10)25-7-21-12-13(20-4)22-17(19)23-14(12)25;1-8-7-5-3-2-4-6-7/h7-11,15,24,30H,5-6H2,1-4H3,(H3,19,20,22,23);2-6H,1H3. The quantitative estimate of drug-likeness (QED) is 0.143. The van der Waals surface area contributed by atoms with Gasteiger partial charge in [0.1, 0.15) is 11.8 Å². The van der Waals surface area contributed by atoms with Crippen LogP contribution in [0, 0.1) is 0 Å². The number of nitrogens with two attached hydrogens (primary N) is 1. The van der Waals surface area contributed by atoms with Gasteiger partial charge in [-0.15, -0.1) is 11.6 Å². The minimum Gasteiger partial charge on any atom is -0.497 e. The lowest BCUT2D eigenvalue weighted by atomic mass is 10.2. The number of fused-ring (bicyclic) bond motifs is 1. The molecular weight excluding hydrogens is 533 g/mol. The van der Waals surface area contributed by atoms with Crippen LogP contribution in [0.3, 0.4) is 0 Å². The number of esters is 1. The molecule has 1 aliphatic rings. The molecule has 0 saturated carbocycles. The Morgan fingerprint density at radius 3 is 2.66 bits per heavy atom. The number of hydrogen-bond donors (Lipinski definition) is 3. The average Bonchev–Trinajstić information content (AvgIpc) is 3.48. The number of benzene rings is 1. The number of imidazole rings is 1. The molecule has 0 radical (unpaired) electrons. The highest BCUT2D eigenvalue weighted by molar-refractivity contribution is 7.29. The summed E-state index contributed by atoms with van der Waals surface area (Å²) in [5.74, 6) is 1.27. The number of ether oxygens (including phenoxy) is 3. The van der Waals surface area contributed by atoms with Crippen molar-refractivity contribution in [3.8, 4) is 5.75 Å². The van der Waals surface area contributed by atoms with Crippen LogP contribution >= 0.6 is 20.6 Å². The first kappa shape index (κ1) is 29.8. The molecule has 3 heterocycles. The van der Waals surface area contributed by atoms with Crippen LogP contribution in [-0.4, -0.2) is 69.9 Å². The highest BCUT2D eigenvalue weighted by atomic mass is 35.5. The maximum atomic E-state index is 11.8. The lowest BCUT2D eigenvalue weighted by Gasteiger charge is -2.18. The third-order valence-electron chi connectivity index (χ3n) is 5.38. The number of rotatable bonds is 10. The predicted octanol–water partition coefficient (Wildman–Crippen LogP) is 3.50. The molecule has 0 spiro atoms. The van der Waals surface area contributed by atoms with Crippen LogP contribution in [0.25, 0.3) is 11.2 Å². The number of para-hydroxylation sites is 1. The lowest BCUT2D eigenvalue weighted by molar-refractivity contribution is -0.148. The van der Waals surface area contributed by atoms with Crippen molar-refractivity contribution in [1.82, 2.24) is 24.6 Å². The summed E-state index contributed by atoms with van der Waals surface area (Å²) in [5.41, 5.74) is 6.94. The molecule has 3 aromatic rings. The third kappa shape index (κ3) is 8.12. The second kappa shape index (κ2) is 14.4. The molecule has 0 aliphatic carbocycles. The zero-order valence-corrected chi connectivity index (χ0v) is 23.8. The Hall–Kier alpha value is -2.76. The normalized spacial score (nSPS) is 19.9. The fourth-order valence-electron chi connectivity index (χ4n) is 3.56. The van der Waals surface area contributed by atoms with E-state index in [-0.39, 0.29) is 38.5 Å². The average molecular weight is 568 g/mol. The first-order valence-corrected chi connectivity index (χ1v) is 13.5. The van der Waals surface area contributed by atoms with E-state index in [9.17, 15) is 4.79 Å². The van der Waals surface area contributed by atoms with E-state index in [1.165, 1.54) is 0 Å². The summed E-state index contributed by atoms with van der Waals surface area (Å²) in [4.78, 5) is 24.6. The van der Waals surface area contributed by atoms with E-state index in [0.717, 1.165) is 5.75 Å². The monoisotopic (exact) mass is 567 g/mol. The van der Waals surface area contributed by atoms with Gasteiger partial charge < -0.3 is 29.8 Å². The van der Waals surface area contributed by atoms with Crippen molar-refractivity contribution in [1.29, 1.82) is 0 Å². The molecule has 14 heteroatoms. The number of nitrogens with zero attached hydrogens (tertiary/aromatic N) is 4. The van der Waals surface area contributed by atoms with Crippen molar-refractivity contribution in [3.63, 3.8) is 0 Å². The molecular formula is C24H35ClN7O5P. The highest BCUT2D eigenvalue weighted by Crippen LogP contribution is 2.36. The first-order valence-electron chi connectivity index (χ1n) is 12.1. The Bertz CT molecular complexity index is 1170. The van der Waals surface area contributed by atoms with Gasteiger partial charge in [-0.25, -0.2) is 4.98 Å². The molecule has 38 heavy (non-hydrogen) atoms. The second-order valence-electron chi connectivity index (χ2n) is 8.69. The van der Waals surface area contributed by atoms with Gasteiger partial charge in [0.05, 0.1) is 46.6 Å². The number of nitrogen functional groups attached to an aromatic ring is 1. The topological polar surface area (TPSA) is 148 Å². The zero-order chi connectivity index (χ0) is 27.7. The Balaban J connectivity index is 0.000000427. The molecule has 208 valence electrons. The van der Waals surface area contributed by atoms with Gasteiger partial charge in [0.15, 0.2) is 23.2 Å². The summed E-state index contributed by atoms with van der Waals surface area (Å²) >= 11 is 6.54. The number of nitrogens with one attached hydrogen (secondary N) is 2. The van der Waals surface area contributed by atoms with E-state index in [4.69, 9.17) is 36.1 Å². The summed E-state index contributed by atoms with van der Waals surface area (Å²) in [5, 5.41) is 5.66. The Morgan fingerprint density at radius 1 is 1.29 bits per heavy atom. The van der Waals surface area contributed by atoms with E-state index >= 15 is 0 Å². The molecule has 12 nitrogen and oxygen atoms in total. The van der Waals surface area contributed by atoms with Crippen molar-refractivity contribution in [2.75, 3.05) is 31.8 Å². The number of carbonyl (C=O) groups excluding carboxylic acids is 1. The van der Waals surface area contributed by atoms with Gasteiger partial charge in [0, 0.05) is 7.05 Å². The first-order chi connectivity index (χ1) is 18.2. The summed E-state index contributed by atoms with van der Waals surface area (Å²) in [6, 6.07) is 9.23. The minimum absolute atomic E-state index is 0.0720. The van der Waals surface area contributed by atoms with Gasteiger partial charge in [0.25, 0.3) is 0 Å². The number of halogens is 1. The molecule has 5 unspecified atom stereocenters. The largest absolute Gasteiger partial charge is 0.497 e. The number of anilines is 2. The molecule has 0 bridgehead atoms. The molecule has 1 fully saturated rings. The Morgan fingerprint density at radius 2 is 2.03 bits per heavy atom. The third-order valence-corrected chi connectivity index (χ3v) is 6.64. The van der Waals surface area contributed by atoms with Crippen molar-refractivity contribution in [2.45, 2.75) is 57.0 Å². The number of methoxy groups -OCH3 is 1. The van der Waals surface area contributed by atoms with Crippen LogP contribution in [0.1, 0.15) is 33.4 Å². The predicted molar refractivity (Wildman–Crippen MR) is 149 cm³/mol. The van der Waals surface area contributed by atoms with E-state index in [2.05, 4.69) is 25.4 Å². The number of aromatic nitrogens is 4. The van der Waals surface area contributed by atoms with E-state index in [0.29, 0.717) is 30.0 Å². The maximum absolute atomic E-state index is 11.8. The summed E-state index contributed by atoms with van der Waals surface area (Å²) < 4.78 is 23.5. The smallest absolute Gasteiger partial charge is 0.323 e. The van der Waals surface area contributed by atoms with Crippen LogP contribution in [-0.2, 0) is 18.8 Å². The van der Waals surface area contributed by atoms with Gasteiger partial charge in [-0.3, -0.25) is 14.4 Å². The van der Waals surface area contributed by atoms with Crippen molar-refractivity contribution in [2.24, 2.45) is 0 Å². The van der Waals surface area contributed by atoms with E-state index in [1.54, 1.807) is 32.0 Å². The van der Waals surface area contributed by atoms with Gasteiger partial charge in [-0.2, -0.15) is 9.97 Å². The molecule has 2 aromatic heterocycles. The number of carbonyl (C=O) groups is 1. The SMILES string of the molecule is CNc1nc(N)nc2c1ncn2C1OC(COPNC(C)C(=O)OC(C)C)CC1Cl.COc1ccccc1. The summed E-state index contributed by atoms with van der Waals surface area (Å²) in [7, 11) is 3.33. The highest BCUT2D eigenvalue weighted by Gasteiger charge is 2.36. The molecule has 0 amide bonds. The van der Waals surface area contributed by atoms with Crippen molar-refractivity contribution >= 4 is 49.5 Å². The van der Waals surface area contributed by atoms with Gasteiger partial charge >= 0.3 is 5.97 Å². The Kier molecular flexibility index (Phi) is 11.3. The fraction of sp³-hybridized carbons (Fsp3) is 0.500. The molecule has 1 aromatic carbocycles. The zero-order valence-electron chi connectivity index (χ0n) is 22.1. The van der Waals surface area contributed by atoms with Crippen LogP contribution in [0.2, 0.25) is 0 Å². The Labute approximate surface area is 228 Å².